The van der Waals surface area contributed by atoms with Gasteiger partial charge in [0.05, 0.1) is 0 Å². The third-order valence-electron chi connectivity index (χ3n) is 1.74. The van der Waals surface area contributed by atoms with Crippen molar-refractivity contribution in [3.8, 4) is 0 Å². The van der Waals surface area contributed by atoms with Gasteiger partial charge in [-0.3, -0.25) is 4.21 Å². The predicted molar refractivity (Wildman–Crippen MR) is 54.9 cm³/mol. The zero-order chi connectivity index (χ0) is 11.3. The van der Waals surface area contributed by atoms with E-state index in [9.17, 15) is 8.76 Å². The lowest BCUT2D eigenvalue weighted by Crippen LogP contribution is -2.15. The lowest BCUT2D eigenvalue weighted by molar-refractivity contribution is 0.0719. The van der Waals surface area contributed by atoms with Crippen LogP contribution in [-0.2, 0) is 15.8 Å². The molecule has 84 valence electrons. The molecular formula is C9H13N2O3S-. The van der Waals surface area contributed by atoms with Crippen LogP contribution in [0.5, 0.6) is 0 Å². The molecule has 5 nitrogen and oxygen atoms in total. The van der Waals surface area contributed by atoms with Gasteiger partial charge in [-0.15, -0.1) is 0 Å². The monoisotopic (exact) mass is 229 g/mol. The first-order chi connectivity index (χ1) is 7.13. The molecule has 0 bridgehead atoms. The van der Waals surface area contributed by atoms with Crippen molar-refractivity contribution in [1.29, 1.82) is 0 Å². The maximum absolute atomic E-state index is 10.6. The SMILES string of the molecule is CCO[C@H](CS(=O)[O-])c1ncc(C)cn1. The Morgan fingerprint density at radius 2 is 2.13 bits per heavy atom. The van der Waals surface area contributed by atoms with Gasteiger partial charge in [-0.2, -0.15) is 0 Å². The third kappa shape index (κ3) is 4.03. The van der Waals surface area contributed by atoms with Gasteiger partial charge in [-0.05, 0) is 19.4 Å². The molecule has 0 aliphatic rings. The molecule has 0 amide bonds. The molecule has 1 rings (SSSR count). The summed E-state index contributed by atoms with van der Waals surface area (Å²) in [5, 5.41) is 0. The zero-order valence-corrected chi connectivity index (χ0v) is 9.49. The van der Waals surface area contributed by atoms with Crippen molar-refractivity contribution >= 4 is 11.1 Å². The number of hydrogen-bond acceptors (Lipinski definition) is 5. The van der Waals surface area contributed by atoms with E-state index in [1.165, 1.54) is 0 Å². The van der Waals surface area contributed by atoms with Crippen LogP contribution in [0.4, 0.5) is 0 Å². The molecule has 1 heterocycles. The first-order valence-corrected chi connectivity index (χ1v) is 5.84. The molecule has 15 heavy (non-hydrogen) atoms. The second-order valence-corrected chi connectivity index (χ2v) is 3.97. The van der Waals surface area contributed by atoms with Crippen molar-refractivity contribution in [2.24, 2.45) is 0 Å². The summed E-state index contributed by atoms with van der Waals surface area (Å²) in [5.41, 5.74) is 0.928. The number of aromatic nitrogens is 2. The molecular weight excluding hydrogens is 216 g/mol. The van der Waals surface area contributed by atoms with Crippen LogP contribution in [0.2, 0.25) is 0 Å². The van der Waals surface area contributed by atoms with Crippen LogP contribution in [0.3, 0.4) is 0 Å². The molecule has 0 spiro atoms. The van der Waals surface area contributed by atoms with Gasteiger partial charge in [0, 0.05) is 24.8 Å². The number of ether oxygens (including phenoxy) is 1. The maximum Gasteiger partial charge on any atom is 0.157 e. The van der Waals surface area contributed by atoms with Gasteiger partial charge in [0.25, 0.3) is 0 Å². The van der Waals surface area contributed by atoms with Gasteiger partial charge in [0.2, 0.25) is 0 Å². The second-order valence-electron chi connectivity index (χ2n) is 3.03. The lowest BCUT2D eigenvalue weighted by atomic mass is 10.3. The van der Waals surface area contributed by atoms with Crippen molar-refractivity contribution in [2.45, 2.75) is 20.0 Å². The molecule has 0 aromatic carbocycles. The minimum absolute atomic E-state index is 0.114. The summed E-state index contributed by atoms with van der Waals surface area (Å²) < 4.78 is 26.4. The van der Waals surface area contributed by atoms with Crippen molar-refractivity contribution in [1.82, 2.24) is 9.97 Å². The molecule has 1 aromatic heterocycles. The summed E-state index contributed by atoms with van der Waals surface area (Å²) in [7, 11) is 0. The van der Waals surface area contributed by atoms with Gasteiger partial charge in [0.15, 0.2) is 5.82 Å². The summed E-state index contributed by atoms with van der Waals surface area (Å²) in [6.07, 6.45) is 2.71. The smallest absolute Gasteiger partial charge is 0.157 e. The van der Waals surface area contributed by atoms with Crippen LogP contribution in [0.25, 0.3) is 0 Å². The largest absolute Gasteiger partial charge is 0.772 e. The van der Waals surface area contributed by atoms with E-state index in [0.717, 1.165) is 5.56 Å². The fourth-order valence-corrected chi connectivity index (χ4v) is 1.58. The summed E-state index contributed by atoms with van der Waals surface area (Å²) in [6, 6.07) is 0. The van der Waals surface area contributed by atoms with Crippen molar-refractivity contribution in [3.63, 3.8) is 0 Å². The summed E-state index contributed by atoms with van der Waals surface area (Å²) in [6.45, 7) is 4.10. The Balaban J connectivity index is 2.78. The van der Waals surface area contributed by atoms with Crippen molar-refractivity contribution in [2.75, 3.05) is 12.4 Å². The third-order valence-corrected chi connectivity index (χ3v) is 2.32. The Labute approximate surface area is 91.2 Å². The fourth-order valence-electron chi connectivity index (χ4n) is 1.09. The van der Waals surface area contributed by atoms with Gasteiger partial charge < -0.3 is 9.29 Å². The molecule has 0 N–H and O–H groups in total. The van der Waals surface area contributed by atoms with E-state index in [0.29, 0.717) is 12.4 Å². The average Bonchev–Trinajstić information content (AvgIpc) is 2.17. The Bertz CT molecular complexity index is 329. The molecule has 0 saturated carbocycles. The fraction of sp³-hybridized carbons (Fsp3) is 0.556. The Morgan fingerprint density at radius 1 is 1.53 bits per heavy atom. The van der Waals surface area contributed by atoms with Crippen LogP contribution in [0, 0.1) is 6.92 Å². The van der Waals surface area contributed by atoms with E-state index in [1.807, 2.05) is 6.92 Å². The normalized spacial score (nSPS) is 14.9. The summed E-state index contributed by atoms with van der Waals surface area (Å²) in [4.78, 5) is 8.08. The molecule has 1 aromatic rings. The van der Waals surface area contributed by atoms with Crippen LogP contribution >= 0.6 is 0 Å². The number of nitrogens with zero attached hydrogens (tertiary/aromatic N) is 2. The molecule has 6 heteroatoms. The van der Waals surface area contributed by atoms with E-state index in [1.54, 1.807) is 19.3 Å². The quantitative estimate of drug-likeness (QED) is 0.696. The number of rotatable bonds is 5. The molecule has 0 fully saturated rings. The van der Waals surface area contributed by atoms with Gasteiger partial charge in [-0.1, -0.05) is 11.1 Å². The van der Waals surface area contributed by atoms with Crippen LogP contribution in [0.1, 0.15) is 24.4 Å². The van der Waals surface area contributed by atoms with E-state index < -0.39 is 17.2 Å². The molecule has 0 aliphatic heterocycles. The highest BCUT2D eigenvalue weighted by Gasteiger charge is 2.14. The highest BCUT2D eigenvalue weighted by molar-refractivity contribution is 7.79. The van der Waals surface area contributed by atoms with E-state index in [4.69, 9.17) is 4.74 Å². The Hall–Kier alpha value is -0.850. The Morgan fingerprint density at radius 3 is 2.60 bits per heavy atom. The number of aryl methyl sites for hydroxylation is 1. The highest BCUT2D eigenvalue weighted by Crippen LogP contribution is 2.13. The predicted octanol–water partition coefficient (Wildman–Crippen LogP) is 0.742. The second kappa shape index (κ2) is 5.89. The molecule has 2 atom stereocenters. The van der Waals surface area contributed by atoms with Crippen LogP contribution in [0.15, 0.2) is 12.4 Å². The number of hydrogen-bond donors (Lipinski definition) is 0. The standard InChI is InChI=1S/C9H14N2O3S/c1-3-14-8(6-15(12)13)9-10-4-7(2)5-11-9/h4-5,8H,3,6H2,1-2H3,(H,12,13)/p-1/t8-/m1/s1. The first kappa shape index (κ1) is 12.2. The molecule has 0 aliphatic carbocycles. The molecule has 1 unspecified atom stereocenters. The summed E-state index contributed by atoms with van der Waals surface area (Å²) in [5.74, 6) is 0.295. The van der Waals surface area contributed by atoms with Gasteiger partial charge in [-0.25, -0.2) is 9.97 Å². The van der Waals surface area contributed by atoms with Crippen LogP contribution in [-0.4, -0.2) is 31.1 Å². The van der Waals surface area contributed by atoms with Crippen LogP contribution < -0.4 is 0 Å². The zero-order valence-electron chi connectivity index (χ0n) is 8.67. The van der Waals surface area contributed by atoms with Crippen molar-refractivity contribution < 1.29 is 13.5 Å². The summed E-state index contributed by atoms with van der Waals surface area (Å²) >= 11 is -2.16. The van der Waals surface area contributed by atoms with Gasteiger partial charge in [0.1, 0.15) is 6.10 Å². The van der Waals surface area contributed by atoms with E-state index in [2.05, 4.69) is 9.97 Å². The lowest BCUT2D eigenvalue weighted by Gasteiger charge is -2.16. The van der Waals surface area contributed by atoms with Crippen molar-refractivity contribution in [3.05, 3.63) is 23.8 Å². The average molecular weight is 229 g/mol. The molecule has 0 radical (unpaired) electrons. The van der Waals surface area contributed by atoms with Gasteiger partial charge >= 0.3 is 0 Å². The molecule has 0 saturated heterocycles. The maximum atomic E-state index is 10.6. The van der Waals surface area contributed by atoms with E-state index in [-0.39, 0.29) is 5.75 Å². The minimum Gasteiger partial charge on any atom is -0.772 e. The topological polar surface area (TPSA) is 75.1 Å². The van der Waals surface area contributed by atoms with E-state index >= 15 is 0 Å². The highest BCUT2D eigenvalue weighted by atomic mass is 32.2. The minimum atomic E-state index is -2.16. The first-order valence-electron chi connectivity index (χ1n) is 4.59. The Kier molecular flexibility index (Phi) is 4.80.